The van der Waals surface area contributed by atoms with Crippen LogP contribution in [-0.2, 0) is 42.3 Å². The Bertz CT molecular complexity index is 1950. The van der Waals surface area contributed by atoms with E-state index in [2.05, 4.69) is 80.5 Å². The second-order valence-electron chi connectivity index (χ2n) is 15.8. The first-order chi connectivity index (χ1) is 27.2. The molecule has 2 aliphatic carbocycles. The fourth-order valence-corrected chi connectivity index (χ4v) is 8.50. The van der Waals surface area contributed by atoms with Crippen LogP contribution in [0.1, 0.15) is 175 Å². The SMILES string of the molecule is CCc1cc(/C(C)=N/OCc2ccc(C3CCCCC3)c(C)c2)ccc1C=O.CCc1cc(/C(C)=N/OCc2ccc(C3CCCCC3)c(C)c2)ccc1CO. The molecule has 1 N–H and O–H groups in total. The van der Waals surface area contributed by atoms with Crippen molar-refractivity contribution in [1.82, 2.24) is 0 Å². The number of oxime groups is 2. The van der Waals surface area contributed by atoms with Gasteiger partial charge in [0.15, 0.2) is 0 Å². The lowest BCUT2D eigenvalue weighted by Crippen LogP contribution is -2.06. The molecule has 4 aromatic carbocycles. The number of benzene rings is 4. The second kappa shape index (κ2) is 21.7. The van der Waals surface area contributed by atoms with Gasteiger partial charge < -0.3 is 14.8 Å². The first-order valence-corrected chi connectivity index (χ1v) is 21.1. The highest BCUT2D eigenvalue weighted by Crippen LogP contribution is 2.35. The summed E-state index contributed by atoms with van der Waals surface area (Å²) in [6.45, 7) is 13.5. The molecule has 0 aliphatic heterocycles. The van der Waals surface area contributed by atoms with Gasteiger partial charge in [0.25, 0.3) is 0 Å². The van der Waals surface area contributed by atoms with Gasteiger partial charge in [0.1, 0.15) is 19.5 Å². The molecule has 0 heterocycles. The molecule has 4 aromatic rings. The molecule has 2 fully saturated rings. The Morgan fingerprint density at radius 2 is 1.09 bits per heavy atom. The lowest BCUT2D eigenvalue weighted by Gasteiger charge is -2.23. The predicted molar refractivity (Wildman–Crippen MR) is 231 cm³/mol. The lowest BCUT2D eigenvalue weighted by atomic mass is 9.82. The molecule has 56 heavy (non-hydrogen) atoms. The van der Waals surface area contributed by atoms with Gasteiger partial charge in [0.2, 0.25) is 0 Å². The maximum Gasteiger partial charge on any atom is 0.150 e. The smallest absolute Gasteiger partial charge is 0.150 e. The number of carbonyl (C=O) groups excluding carboxylic acids is 1. The average molecular weight is 757 g/mol. The summed E-state index contributed by atoms with van der Waals surface area (Å²) in [5.41, 5.74) is 15.7. The van der Waals surface area contributed by atoms with E-state index in [9.17, 15) is 9.90 Å². The molecule has 6 heteroatoms. The summed E-state index contributed by atoms with van der Waals surface area (Å²) in [5, 5.41) is 18.0. The summed E-state index contributed by atoms with van der Waals surface area (Å²) in [7, 11) is 0. The van der Waals surface area contributed by atoms with Crippen molar-refractivity contribution < 1.29 is 19.6 Å². The number of aldehydes is 1. The van der Waals surface area contributed by atoms with E-state index < -0.39 is 0 Å². The first kappa shape index (κ1) is 42.6. The Labute approximate surface area is 336 Å². The molecule has 2 saturated carbocycles. The molecule has 0 radical (unpaired) electrons. The molecule has 0 bridgehead atoms. The third-order valence-corrected chi connectivity index (χ3v) is 11.9. The quantitative estimate of drug-likeness (QED) is 0.0789. The van der Waals surface area contributed by atoms with Crippen molar-refractivity contribution in [3.05, 3.63) is 140 Å². The van der Waals surface area contributed by atoms with Crippen molar-refractivity contribution in [3.8, 4) is 0 Å². The molecule has 0 amide bonds. The van der Waals surface area contributed by atoms with Gasteiger partial charge in [-0.15, -0.1) is 0 Å². The van der Waals surface area contributed by atoms with E-state index in [1.165, 1.54) is 92.0 Å². The van der Waals surface area contributed by atoms with Gasteiger partial charge in [-0.25, -0.2) is 0 Å². The minimum Gasteiger partial charge on any atom is -0.392 e. The minimum absolute atomic E-state index is 0.0757. The highest BCUT2D eigenvalue weighted by Gasteiger charge is 2.18. The summed E-state index contributed by atoms with van der Waals surface area (Å²) in [5.74, 6) is 1.46. The molecule has 6 nitrogen and oxygen atoms in total. The summed E-state index contributed by atoms with van der Waals surface area (Å²) >= 11 is 0. The average Bonchev–Trinajstić information content (AvgIpc) is 3.24. The third-order valence-electron chi connectivity index (χ3n) is 11.9. The molecule has 0 saturated heterocycles. The predicted octanol–water partition coefficient (Wildman–Crippen LogP) is 12.4. The van der Waals surface area contributed by atoms with Crippen LogP contribution in [0.2, 0.25) is 0 Å². The molecule has 0 spiro atoms. The fraction of sp³-hybridized carbons (Fsp3) is 0.460. The molecule has 298 valence electrons. The monoisotopic (exact) mass is 756 g/mol. The largest absolute Gasteiger partial charge is 0.392 e. The van der Waals surface area contributed by atoms with Gasteiger partial charge in [0.05, 0.1) is 18.0 Å². The van der Waals surface area contributed by atoms with Crippen LogP contribution >= 0.6 is 0 Å². The van der Waals surface area contributed by atoms with Gasteiger partial charge in [-0.2, -0.15) is 0 Å². The Balaban J connectivity index is 0.000000214. The van der Waals surface area contributed by atoms with Gasteiger partial charge in [-0.1, -0.05) is 123 Å². The zero-order valence-electron chi connectivity index (χ0n) is 34.8. The molecule has 0 unspecified atom stereocenters. The number of nitrogens with zero attached hydrogens (tertiary/aromatic N) is 2. The number of aliphatic hydroxyl groups is 1. The van der Waals surface area contributed by atoms with Crippen molar-refractivity contribution in [3.63, 3.8) is 0 Å². The third kappa shape index (κ3) is 11.7. The van der Waals surface area contributed by atoms with Crippen LogP contribution in [0.3, 0.4) is 0 Å². The van der Waals surface area contributed by atoms with E-state index >= 15 is 0 Å². The Hall–Kier alpha value is -4.55. The first-order valence-electron chi connectivity index (χ1n) is 21.1. The topological polar surface area (TPSA) is 80.5 Å². The van der Waals surface area contributed by atoms with Crippen LogP contribution in [-0.4, -0.2) is 22.8 Å². The lowest BCUT2D eigenvalue weighted by molar-refractivity contribution is 0.112. The van der Waals surface area contributed by atoms with E-state index in [-0.39, 0.29) is 6.61 Å². The van der Waals surface area contributed by atoms with E-state index in [0.717, 1.165) is 81.3 Å². The number of aryl methyl sites for hydroxylation is 4. The zero-order chi connectivity index (χ0) is 39.9. The number of hydrogen-bond donors (Lipinski definition) is 1. The van der Waals surface area contributed by atoms with Gasteiger partial charge in [0, 0.05) is 5.56 Å². The summed E-state index contributed by atoms with van der Waals surface area (Å²) in [4.78, 5) is 22.4. The van der Waals surface area contributed by atoms with E-state index in [1.807, 2.05) is 44.2 Å². The summed E-state index contributed by atoms with van der Waals surface area (Å²) < 4.78 is 0. The van der Waals surface area contributed by atoms with Crippen LogP contribution in [0.25, 0.3) is 0 Å². The Morgan fingerprint density at radius 3 is 1.52 bits per heavy atom. The highest BCUT2D eigenvalue weighted by molar-refractivity contribution is 5.99. The number of carbonyl (C=O) groups is 1. The van der Waals surface area contributed by atoms with Crippen molar-refractivity contribution in [2.24, 2.45) is 10.3 Å². The van der Waals surface area contributed by atoms with E-state index in [0.29, 0.717) is 13.2 Å². The van der Waals surface area contributed by atoms with Crippen LogP contribution in [0.5, 0.6) is 0 Å². The maximum atomic E-state index is 11.1. The second-order valence-corrected chi connectivity index (χ2v) is 15.8. The fourth-order valence-electron chi connectivity index (χ4n) is 8.50. The number of hydrogen-bond acceptors (Lipinski definition) is 6. The molecular weight excluding hydrogens is 693 g/mol. The van der Waals surface area contributed by atoms with Crippen molar-refractivity contribution in [2.45, 2.75) is 150 Å². The van der Waals surface area contributed by atoms with Crippen LogP contribution in [0.4, 0.5) is 0 Å². The normalized spacial score (nSPS) is 15.6. The summed E-state index contributed by atoms with van der Waals surface area (Å²) in [6, 6.07) is 25.3. The highest BCUT2D eigenvalue weighted by atomic mass is 16.6. The van der Waals surface area contributed by atoms with Gasteiger partial charge >= 0.3 is 0 Å². The Morgan fingerprint density at radius 1 is 0.625 bits per heavy atom. The van der Waals surface area contributed by atoms with Crippen LogP contribution in [0, 0.1) is 13.8 Å². The number of aliphatic hydroxyl groups excluding tert-OH is 1. The minimum atomic E-state index is 0.0757. The maximum absolute atomic E-state index is 11.1. The molecular formula is C50H64N2O4. The van der Waals surface area contributed by atoms with Crippen molar-refractivity contribution in [2.75, 3.05) is 0 Å². The van der Waals surface area contributed by atoms with Crippen LogP contribution < -0.4 is 0 Å². The molecule has 0 atom stereocenters. The van der Waals surface area contributed by atoms with E-state index in [1.54, 1.807) is 0 Å². The van der Waals surface area contributed by atoms with Gasteiger partial charge in [-0.3, -0.25) is 4.79 Å². The molecule has 0 aromatic heterocycles. The molecule has 2 aliphatic rings. The van der Waals surface area contributed by atoms with Crippen molar-refractivity contribution >= 4 is 17.7 Å². The van der Waals surface area contributed by atoms with Crippen molar-refractivity contribution in [1.29, 1.82) is 0 Å². The summed E-state index contributed by atoms with van der Waals surface area (Å²) in [6.07, 6.45) is 16.1. The standard InChI is InChI=1S/C25H33NO2.C25H31NO2/c2*1-4-21-15-23(11-12-24(21)16-27)19(3)26-28-17-20-10-13-25(18(2)14-20)22-8-6-5-7-9-22/h10-15,22,27H,4-9,16-17H2,1-3H3;10-16,22H,4-9,17H2,1-3H3/b2*26-19+. The molecule has 6 rings (SSSR count). The van der Waals surface area contributed by atoms with Gasteiger partial charge in [-0.05, 0) is 151 Å². The van der Waals surface area contributed by atoms with E-state index in [4.69, 9.17) is 9.68 Å². The number of rotatable bonds is 14. The zero-order valence-corrected chi connectivity index (χ0v) is 34.8. The van der Waals surface area contributed by atoms with Crippen LogP contribution in [0.15, 0.2) is 83.1 Å². The Kier molecular flexibility index (Phi) is 16.5.